The number of aryl methyl sites for hydroxylation is 2. The van der Waals surface area contributed by atoms with E-state index in [1.54, 1.807) is 12.1 Å². The van der Waals surface area contributed by atoms with Crippen LogP contribution in [0.1, 0.15) is 28.4 Å². The molecule has 5 heteroatoms. The standard InChI is InChI=1S/C24H24N2O2S/c1-16-11-13-19(14-12-16)24(28)25-20-8-6-9-21(15-20)29-18(3)23(27)26-22-10-5-4-7-17(22)2/h4-15,18H,1-3H3,(H,25,28)(H,26,27). The van der Waals surface area contributed by atoms with Gasteiger partial charge in [0.2, 0.25) is 5.91 Å². The summed E-state index contributed by atoms with van der Waals surface area (Å²) in [6.45, 7) is 5.82. The van der Waals surface area contributed by atoms with Crippen molar-refractivity contribution < 1.29 is 9.59 Å². The number of carbonyl (C=O) groups excluding carboxylic acids is 2. The molecule has 0 bridgehead atoms. The molecule has 0 saturated heterocycles. The molecule has 1 unspecified atom stereocenters. The minimum absolute atomic E-state index is 0.0570. The second-order valence-electron chi connectivity index (χ2n) is 6.91. The molecule has 1 atom stereocenters. The highest BCUT2D eigenvalue weighted by Gasteiger charge is 2.16. The van der Waals surface area contributed by atoms with E-state index in [0.29, 0.717) is 11.3 Å². The topological polar surface area (TPSA) is 58.2 Å². The van der Waals surface area contributed by atoms with Gasteiger partial charge in [-0.3, -0.25) is 9.59 Å². The van der Waals surface area contributed by atoms with Gasteiger partial charge >= 0.3 is 0 Å². The first-order chi connectivity index (χ1) is 13.9. The number of benzene rings is 3. The number of para-hydroxylation sites is 1. The third-order valence-corrected chi connectivity index (χ3v) is 5.58. The largest absolute Gasteiger partial charge is 0.325 e. The van der Waals surface area contributed by atoms with Gasteiger partial charge in [0.15, 0.2) is 0 Å². The zero-order valence-corrected chi connectivity index (χ0v) is 17.5. The molecule has 29 heavy (non-hydrogen) atoms. The Morgan fingerprint density at radius 3 is 2.31 bits per heavy atom. The summed E-state index contributed by atoms with van der Waals surface area (Å²) in [5.74, 6) is -0.212. The van der Waals surface area contributed by atoms with Crippen LogP contribution in [0.2, 0.25) is 0 Å². The lowest BCUT2D eigenvalue weighted by Gasteiger charge is -2.14. The summed E-state index contributed by atoms with van der Waals surface area (Å²) in [4.78, 5) is 25.9. The minimum Gasteiger partial charge on any atom is -0.325 e. The molecule has 3 aromatic rings. The van der Waals surface area contributed by atoms with Crippen LogP contribution in [0.15, 0.2) is 77.7 Å². The van der Waals surface area contributed by atoms with Crippen molar-refractivity contribution in [1.82, 2.24) is 0 Å². The summed E-state index contributed by atoms with van der Waals surface area (Å²) < 4.78 is 0. The monoisotopic (exact) mass is 404 g/mol. The molecule has 2 amide bonds. The van der Waals surface area contributed by atoms with Gasteiger partial charge in [0.25, 0.3) is 5.91 Å². The molecule has 0 aliphatic carbocycles. The first-order valence-electron chi connectivity index (χ1n) is 9.43. The Kier molecular flexibility index (Phi) is 6.73. The minimum atomic E-state index is -0.280. The number of hydrogen-bond donors (Lipinski definition) is 2. The van der Waals surface area contributed by atoms with Gasteiger partial charge in [0.1, 0.15) is 0 Å². The zero-order chi connectivity index (χ0) is 20.8. The molecule has 0 aliphatic rings. The van der Waals surface area contributed by atoms with Crippen molar-refractivity contribution in [2.75, 3.05) is 10.6 Å². The maximum Gasteiger partial charge on any atom is 0.255 e. The SMILES string of the molecule is Cc1ccc(C(=O)Nc2cccc(SC(C)C(=O)Nc3ccccc3C)c2)cc1. The third kappa shape index (κ3) is 5.72. The molecule has 148 valence electrons. The first-order valence-corrected chi connectivity index (χ1v) is 10.3. The summed E-state index contributed by atoms with van der Waals surface area (Å²) >= 11 is 1.45. The van der Waals surface area contributed by atoms with Crippen LogP contribution in [0.4, 0.5) is 11.4 Å². The summed E-state index contributed by atoms with van der Waals surface area (Å²) in [7, 11) is 0. The fraction of sp³-hybridized carbons (Fsp3) is 0.167. The number of carbonyl (C=O) groups is 2. The van der Waals surface area contributed by atoms with Crippen LogP contribution in [0.3, 0.4) is 0 Å². The second-order valence-corrected chi connectivity index (χ2v) is 8.33. The highest BCUT2D eigenvalue weighted by molar-refractivity contribution is 8.00. The lowest BCUT2D eigenvalue weighted by Crippen LogP contribution is -2.22. The third-order valence-electron chi connectivity index (χ3n) is 4.49. The van der Waals surface area contributed by atoms with Gasteiger partial charge in [-0.2, -0.15) is 0 Å². The molecule has 0 aliphatic heterocycles. The van der Waals surface area contributed by atoms with Gasteiger partial charge in [0, 0.05) is 21.8 Å². The van der Waals surface area contributed by atoms with Crippen molar-refractivity contribution in [2.24, 2.45) is 0 Å². The molecular weight excluding hydrogens is 380 g/mol. The maximum absolute atomic E-state index is 12.5. The van der Waals surface area contributed by atoms with Gasteiger partial charge in [0.05, 0.1) is 5.25 Å². The lowest BCUT2D eigenvalue weighted by atomic mass is 10.1. The van der Waals surface area contributed by atoms with E-state index >= 15 is 0 Å². The molecular formula is C24H24N2O2S. The number of hydrogen-bond acceptors (Lipinski definition) is 3. The first kappa shape index (κ1) is 20.7. The molecule has 4 nitrogen and oxygen atoms in total. The van der Waals surface area contributed by atoms with Crippen LogP contribution in [0, 0.1) is 13.8 Å². The van der Waals surface area contributed by atoms with E-state index in [1.807, 2.05) is 81.4 Å². The van der Waals surface area contributed by atoms with Gasteiger partial charge in [-0.1, -0.05) is 42.0 Å². The molecule has 3 aromatic carbocycles. The molecule has 0 aromatic heterocycles. The average molecular weight is 405 g/mol. The van der Waals surface area contributed by atoms with Crippen LogP contribution >= 0.6 is 11.8 Å². The van der Waals surface area contributed by atoms with Gasteiger partial charge in [-0.15, -0.1) is 11.8 Å². The van der Waals surface area contributed by atoms with Crippen LogP contribution in [0.25, 0.3) is 0 Å². The van der Waals surface area contributed by atoms with Crippen molar-refractivity contribution in [3.63, 3.8) is 0 Å². The molecule has 0 saturated carbocycles. The van der Waals surface area contributed by atoms with E-state index in [-0.39, 0.29) is 17.1 Å². The molecule has 3 rings (SSSR count). The molecule has 0 spiro atoms. The van der Waals surface area contributed by atoms with Gasteiger partial charge in [-0.25, -0.2) is 0 Å². The smallest absolute Gasteiger partial charge is 0.255 e. The molecule has 0 radical (unpaired) electrons. The van der Waals surface area contributed by atoms with E-state index in [0.717, 1.165) is 21.7 Å². The summed E-state index contributed by atoms with van der Waals surface area (Å²) in [5.41, 5.74) is 4.27. The zero-order valence-electron chi connectivity index (χ0n) is 16.7. The lowest BCUT2D eigenvalue weighted by molar-refractivity contribution is -0.115. The Morgan fingerprint density at radius 1 is 0.862 bits per heavy atom. The Hall–Kier alpha value is -3.05. The number of rotatable bonds is 6. The fourth-order valence-corrected chi connectivity index (χ4v) is 3.69. The van der Waals surface area contributed by atoms with E-state index in [2.05, 4.69) is 10.6 Å². The number of thioether (sulfide) groups is 1. The summed E-state index contributed by atoms with van der Waals surface area (Å²) in [6.07, 6.45) is 0. The number of amides is 2. The highest BCUT2D eigenvalue weighted by Crippen LogP contribution is 2.27. The Labute approximate surface area is 175 Å². The quantitative estimate of drug-likeness (QED) is 0.520. The Morgan fingerprint density at radius 2 is 1.59 bits per heavy atom. The summed E-state index contributed by atoms with van der Waals surface area (Å²) in [6, 6.07) is 22.7. The van der Waals surface area contributed by atoms with Crippen LogP contribution < -0.4 is 10.6 Å². The van der Waals surface area contributed by atoms with E-state index < -0.39 is 0 Å². The Balaban J connectivity index is 1.63. The van der Waals surface area contributed by atoms with Crippen LogP contribution in [-0.4, -0.2) is 17.1 Å². The molecule has 2 N–H and O–H groups in total. The average Bonchev–Trinajstić information content (AvgIpc) is 2.70. The van der Waals surface area contributed by atoms with Crippen LogP contribution in [-0.2, 0) is 4.79 Å². The number of nitrogens with one attached hydrogen (secondary N) is 2. The van der Waals surface area contributed by atoms with E-state index in [4.69, 9.17) is 0 Å². The molecule has 0 fully saturated rings. The molecule has 0 heterocycles. The van der Waals surface area contributed by atoms with E-state index in [9.17, 15) is 9.59 Å². The Bertz CT molecular complexity index is 1020. The summed E-state index contributed by atoms with van der Waals surface area (Å²) in [5, 5.41) is 5.61. The predicted molar refractivity (Wildman–Crippen MR) is 121 cm³/mol. The highest BCUT2D eigenvalue weighted by atomic mass is 32.2. The van der Waals surface area contributed by atoms with Gasteiger partial charge < -0.3 is 10.6 Å². The van der Waals surface area contributed by atoms with Gasteiger partial charge in [-0.05, 0) is 62.7 Å². The predicted octanol–water partition coefficient (Wildman–Crippen LogP) is 5.68. The number of anilines is 2. The fourth-order valence-electron chi connectivity index (χ4n) is 2.76. The maximum atomic E-state index is 12.5. The second kappa shape index (κ2) is 9.43. The van der Waals surface area contributed by atoms with Crippen molar-refractivity contribution in [1.29, 1.82) is 0 Å². The van der Waals surface area contributed by atoms with E-state index in [1.165, 1.54) is 11.8 Å². The van der Waals surface area contributed by atoms with Crippen molar-refractivity contribution in [3.05, 3.63) is 89.5 Å². The van der Waals surface area contributed by atoms with Crippen molar-refractivity contribution in [2.45, 2.75) is 30.9 Å². The normalized spacial score (nSPS) is 11.6. The van der Waals surface area contributed by atoms with Crippen molar-refractivity contribution >= 4 is 35.0 Å². The van der Waals surface area contributed by atoms with Crippen molar-refractivity contribution in [3.8, 4) is 0 Å². The van der Waals surface area contributed by atoms with Crippen LogP contribution in [0.5, 0.6) is 0 Å².